The molecule has 2 aliphatic rings. The zero-order valence-electron chi connectivity index (χ0n) is 10.2. The lowest BCUT2D eigenvalue weighted by Gasteiger charge is -2.17. The number of allylic oxidation sites excluding steroid dienone is 4. The van der Waals surface area contributed by atoms with Gasteiger partial charge in [0.1, 0.15) is 0 Å². The summed E-state index contributed by atoms with van der Waals surface area (Å²) >= 11 is 0. The van der Waals surface area contributed by atoms with Gasteiger partial charge in [0.25, 0.3) is 0 Å². The first-order valence-corrected chi connectivity index (χ1v) is 6.21. The lowest BCUT2D eigenvalue weighted by atomic mass is 9.90. The van der Waals surface area contributed by atoms with Crippen molar-refractivity contribution in [1.82, 2.24) is 0 Å². The highest BCUT2D eigenvalue weighted by molar-refractivity contribution is 5.99. The number of rotatable bonds is 1. The first-order valence-electron chi connectivity index (χ1n) is 6.21. The Kier molecular flexibility index (Phi) is 3.70. The molecule has 0 spiro atoms. The Morgan fingerprint density at radius 2 is 2.00 bits per heavy atom. The van der Waals surface area contributed by atoms with Crippen LogP contribution in [0, 0.1) is 5.92 Å². The fraction of sp³-hybridized carbons (Fsp3) is 0.571. The van der Waals surface area contributed by atoms with Crippen LogP contribution >= 0.6 is 0 Å². The van der Waals surface area contributed by atoms with E-state index in [-0.39, 0.29) is 0 Å². The second-order valence-corrected chi connectivity index (χ2v) is 4.98. The van der Waals surface area contributed by atoms with Crippen molar-refractivity contribution in [3.8, 4) is 0 Å². The smallest absolute Gasteiger partial charge is 0.0632 e. The molecule has 16 heavy (non-hydrogen) atoms. The summed E-state index contributed by atoms with van der Waals surface area (Å²) in [6.07, 6.45) is 12.2. The van der Waals surface area contributed by atoms with Crippen molar-refractivity contribution in [3.63, 3.8) is 0 Å². The van der Waals surface area contributed by atoms with E-state index in [0.29, 0.717) is 5.92 Å². The molecule has 0 aromatic carbocycles. The van der Waals surface area contributed by atoms with Crippen LogP contribution in [0.4, 0.5) is 0 Å². The fourth-order valence-corrected chi connectivity index (χ4v) is 2.37. The standard InChI is InChI=1S/C14H20N2/c1-11-8-12(2)10-14(9-11)16-15-13-6-4-3-5-7-13/h4,6,9,12H,3,5,7-8,10H2,1-2H3. The van der Waals surface area contributed by atoms with Gasteiger partial charge in [-0.05, 0) is 57.1 Å². The highest BCUT2D eigenvalue weighted by Crippen LogP contribution is 2.21. The van der Waals surface area contributed by atoms with E-state index in [4.69, 9.17) is 0 Å². The molecule has 2 aliphatic carbocycles. The molecule has 2 nitrogen and oxygen atoms in total. The van der Waals surface area contributed by atoms with E-state index >= 15 is 0 Å². The first-order chi connectivity index (χ1) is 7.74. The molecule has 2 rings (SSSR count). The lowest BCUT2D eigenvalue weighted by molar-refractivity contribution is 0.591. The topological polar surface area (TPSA) is 24.7 Å². The van der Waals surface area contributed by atoms with Crippen molar-refractivity contribution in [2.75, 3.05) is 0 Å². The van der Waals surface area contributed by atoms with E-state index in [1.165, 1.54) is 24.8 Å². The average molecular weight is 216 g/mol. The molecule has 0 aliphatic heterocycles. The van der Waals surface area contributed by atoms with Gasteiger partial charge in [0.05, 0.1) is 11.4 Å². The van der Waals surface area contributed by atoms with Gasteiger partial charge in [-0.25, -0.2) is 0 Å². The highest BCUT2D eigenvalue weighted by Gasteiger charge is 2.12. The largest absolute Gasteiger partial charge is 0.155 e. The van der Waals surface area contributed by atoms with Crippen LogP contribution in [0.2, 0.25) is 0 Å². The second kappa shape index (κ2) is 5.24. The molecule has 0 saturated carbocycles. The summed E-state index contributed by atoms with van der Waals surface area (Å²) in [5, 5.41) is 8.73. The molecular formula is C14H20N2. The quantitative estimate of drug-likeness (QED) is 0.594. The van der Waals surface area contributed by atoms with Crippen molar-refractivity contribution in [3.05, 3.63) is 23.8 Å². The summed E-state index contributed by atoms with van der Waals surface area (Å²) < 4.78 is 0. The van der Waals surface area contributed by atoms with Crippen LogP contribution in [0.3, 0.4) is 0 Å². The molecule has 0 heterocycles. The minimum Gasteiger partial charge on any atom is -0.155 e. The lowest BCUT2D eigenvalue weighted by Crippen LogP contribution is -2.10. The molecule has 0 bridgehead atoms. The third-order valence-electron chi connectivity index (χ3n) is 3.06. The van der Waals surface area contributed by atoms with Crippen LogP contribution in [0.15, 0.2) is 34.0 Å². The number of hydrogen-bond acceptors (Lipinski definition) is 2. The van der Waals surface area contributed by atoms with Gasteiger partial charge in [-0.2, -0.15) is 10.2 Å². The van der Waals surface area contributed by atoms with Crippen LogP contribution in [0.5, 0.6) is 0 Å². The minimum absolute atomic E-state index is 0.714. The van der Waals surface area contributed by atoms with Crippen LogP contribution in [0.25, 0.3) is 0 Å². The summed E-state index contributed by atoms with van der Waals surface area (Å²) in [6.45, 7) is 4.46. The van der Waals surface area contributed by atoms with Crippen LogP contribution in [0.1, 0.15) is 46.0 Å². The zero-order chi connectivity index (χ0) is 11.4. The van der Waals surface area contributed by atoms with E-state index < -0.39 is 0 Å². The number of nitrogens with zero attached hydrogens (tertiary/aromatic N) is 2. The summed E-state index contributed by atoms with van der Waals surface area (Å²) in [4.78, 5) is 0. The molecule has 0 fully saturated rings. The monoisotopic (exact) mass is 216 g/mol. The van der Waals surface area contributed by atoms with Crippen LogP contribution in [-0.4, -0.2) is 11.4 Å². The first kappa shape index (κ1) is 11.3. The van der Waals surface area contributed by atoms with E-state index in [1.807, 2.05) is 0 Å². The third-order valence-corrected chi connectivity index (χ3v) is 3.06. The fourth-order valence-electron chi connectivity index (χ4n) is 2.37. The molecule has 86 valence electrons. The van der Waals surface area contributed by atoms with Gasteiger partial charge >= 0.3 is 0 Å². The summed E-state index contributed by atoms with van der Waals surface area (Å²) in [6, 6.07) is 0. The predicted octanol–water partition coefficient (Wildman–Crippen LogP) is 3.90. The van der Waals surface area contributed by atoms with Gasteiger partial charge < -0.3 is 0 Å². The van der Waals surface area contributed by atoms with Crippen molar-refractivity contribution in [1.29, 1.82) is 0 Å². The predicted molar refractivity (Wildman–Crippen MR) is 70.0 cm³/mol. The Hall–Kier alpha value is -1.18. The summed E-state index contributed by atoms with van der Waals surface area (Å²) in [7, 11) is 0. The zero-order valence-corrected chi connectivity index (χ0v) is 10.2. The van der Waals surface area contributed by atoms with Crippen LogP contribution in [-0.2, 0) is 0 Å². The van der Waals surface area contributed by atoms with Crippen molar-refractivity contribution >= 4 is 11.4 Å². The third kappa shape index (κ3) is 3.16. The maximum Gasteiger partial charge on any atom is 0.0632 e. The summed E-state index contributed by atoms with van der Waals surface area (Å²) in [5.74, 6) is 0.714. The Labute approximate surface area is 97.9 Å². The van der Waals surface area contributed by atoms with Gasteiger partial charge in [-0.3, -0.25) is 0 Å². The normalized spacial score (nSPS) is 30.9. The van der Waals surface area contributed by atoms with Gasteiger partial charge in [0, 0.05) is 0 Å². The average Bonchev–Trinajstić information content (AvgIpc) is 2.27. The van der Waals surface area contributed by atoms with Gasteiger partial charge in [0.2, 0.25) is 0 Å². The molecule has 2 heteroatoms. The van der Waals surface area contributed by atoms with E-state index in [1.54, 1.807) is 0 Å². The molecule has 0 aromatic rings. The van der Waals surface area contributed by atoms with Gasteiger partial charge in [-0.15, -0.1) is 0 Å². The maximum absolute atomic E-state index is 4.38. The second-order valence-electron chi connectivity index (χ2n) is 4.98. The van der Waals surface area contributed by atoms with Crippen molar-refractivity contribution < 1.29 is 0 Å². The van der Waals surface area contributed by atoms with Crippen molar-refractivity contribution in [2.45, 2.75) is 46.0 Å². The molecule has 1 unspecified atom stereocenters. The van der Waals surface area contributed by atoms with Crippen molar-refractivity contribution in [2.24, 2.45) is 16.1 Å². The van der Waals surface area contributed by atoms with E-state index in [0.717, 1.165) is 24.3 Å². The Balaban J connectivity index is 2.09. The molecule has 0 N–H and O–H groups in total. The van der Waals surface area contributed by atoms with Crippen LogP contribution < -0.4 is 0 Å². The van der Waals surface area contributed by atoms with E-state index in [9.17, 15) is 0 Å². The van der Waals surface area contributed by atoms with Gasteiger partial charge in [0.15, 0.2) is 0 Å². The molecule has 0 aromatic heterocycles. The minimum atomic E-state index is 0.714. The Morgan fingerprint density at radius 1 is 1.19 bits per heavy atom. The number of hydrogen-bond donors (Lipinski definition) is 0. The molecule has 0 amide bonds. The van der Waals surface area contributed by atoms with E-state index in [2.05, 4.69) is 42.3 Å². The molecular weight excluding hydrogens is 196 g/mol. The Bertz CT molecular complexity index is 372. The molecule has 0 saturated heterocycles. The SMILES string of the molecule is CC1=CC(=NN=C2C=CCCC2)CC(C)C1. The van der Waals surface area contributed by atoms with Gasteiger partial charge in [-0.1, -0.05) is 18.6 Å². The molecule has 1 atom stereocenters. The Morgan fingerprint density at radius 3 is 2.69 bits per heavy atom. The summed E-state index contributed by atoms with van der Waals surface area (Å²) in [5.41, 5.74) is 3.70. The highest BCUT2D eigenvalue weighted by atomic mass is 15.2. The molecule has 0 radical (unpaired) electrons. The maximum atomic E-state index is 4.38.